The molecule has 0 bridgehead atoms. The summed E-state index contributed by atoms with van der Waals surface area (Å²) in [5, 5.41) is 5.68. The zero-order valence-electron chi connectivity index (χ0n) is 13.4. The van der Waals surface area contributed by atoms with Crippen molar-refractivity contribution in [2.75, 3.05) is 5.32 Å². The van der Waals surface area contributed by atoms with Crippen LogP contribution in [0.5, 0.6) is 0 Å². The number of thiazole rings is 1. The van der Waals surface area contributed by atoms with Crippen molar-refractivity contribution in [3.8, 4) is 11.3 Å². The molecule has 5 nitrogen and oxygen atoms in total. The molecule has 1 unspecified atom stereocenters. The van der Waals surface area contributed by atoms with E-state index in [9.17, 15) is 9.59 Å². The second-order valence-corrected chi connectivity index (χ2v) is 7.08. The third kappa shape index (κ3) is 3.34. The first-order valence-corrected chi connectivity index (χ1v) is 9.17. The molecule has 1 aliphatic rings. The van der Waals surface area contributed by atoms with Crippen molar-refractivity contribution in [2.45, 2.75) is 12.5 Å². The summed E-state index contributed by atoms with van der Waals surface area (Å²) in [6.07, 6.45) is -0.510. The van der Waals surface area contributed by atoms with Gasteiger partial charge in [0.15, 0.2) is 11.2 Å². The summed E-state index contributed by atoms with van der Waals surface area (Å²) >= 11 is 7.20. The summed E-state index contributed by atoms with van der Waals surface area (Å²) < 4.78 is 5.26. The molecular weight excluding hydrogens is 372 g/mol. The van der Waals surface area contributed by atoms with Crippen molar-refractivity contribution >= 4 is 39.9 Å². The minimum Gasteiger partial charge on any atom is -0.448 e. The van der Waals surface area contributed by atoms with Crippen LogP contribution in [0, 0.1) is 0 Å². The average Bonchev–Trinajstić information content (AvgIpc) is 3.10. The van der Waals surface area contributed by atoms with Gasteiger partial charge in [0.05, 0.1) is 11.3 Å². The molecule has 1 atom stereocenters. The van der Waals surface area contributed by atoms with E-state index in [0.29, 0.717) is 22.1 Å². The van der Waals surface area contributed by atoms with E-state index in [1.165, 1.54) is 11.3 Å². The summed E-state index contributed by atoms with van der Waals surface area (Å²) in [5.41, 5.74) is 2.97. The van der Waals surface area contributed by atoms with Crippen LogP contribution in [-0.2, 0) is 16.0 Å². The first-order chi connectivity index (χ1) is 12.6. The maximum atomic E-state index is 12.5. The number of anilines is 1. The van der Waals surface area contributed by atoms with Crippen LogP contribution >= 0.6 is 22.9 Å². The molecule has 0 saturated carbocycles. The van der Waals surface area contributed by atoms with Gasteiger partial charge in [0.2, 0.25) is 0 Å². The van der Waals surface area contributed by atoms with Crippen LogP contribution in [0.4, 0.5) is 5.13 Å². The second kappa shape index (κ2) is 6.90. The molecule has 2 aromatic carbocycles. The van der Waals surface area contributed by atoms with Gasteiger partial charge in [-0.1, -0.05) is 41.9 Å². The lowest BCUT2D eigenvalue weighted by molar-refractivity contribution is -0.125. The second-order valence-electron chi connectivity index (χ2n) is 5.79. The van der Waals surface area contributed by atoms with Crippen molar-refractivity contribution in [3.05, 3.63) is 70.1 Å². The molecule has 26 heavy (non-hydrogen) atoms. The molecule has 2 heterocycles. The van der Waals surface area contributed by atoms with E-state index < -0.39 is 12.1 Å². The molecule has 0 spiro atoms. The molecule has 0 saturated heterocycles. The van der Waals surface area contributed by atoms with Gasteiger partial charge in [-0.15, -0.1) is 11.3 Å². The molecule has 7 heteroatoms. The number of hydrogen-bond donors (Lipinski definition) is 1. The molecule has 0 radical (unpaired) electrons. The molecule has 0 fully saturated rings. The number of ether oxygens (including phenoxy) is 1. The Balaban J connectivity index is 1.47. The Hall–Kier alpha value is -2.70. The number of nitrogens with zero attached hydrogens (tertiary/aromatic N) is 1. The molecule has 1 aliphatic heterocycles. The van der Waals surface area contributed by atoms with Crippen molar-refractivity contribution in [3.63, 3.8) is 0 Å². The summed E-state index contributed by atoms with van der Waals surface area (Å²) in [6.45, 7) is 0. The van der Waals surface area contributed by atoms with E-state index in [-0.39, 0.29) is 5.91 Å². The average molecular weight is 385 g/mol. The highest BCUT2D eigenvalue weighted by molar-refractivity contribution is 7.14. The summed E-state index contributed by atoms with van der Waals surface area (Å²) in [5.74, 6) is -0.863. The summed E-state index contributed by atoms with van der Waals surface area (Å²) in [4.78, 5) is 28.9. The lowest BCUT2D eigenvalue weighted by atomic mass is 9.98. The zero-order valence-corrected chi connectivity index (χ0v) is 15.0. The van der Waals surface area contributed by atoms with Gasteiger partial charge in [-0.05, 0) is 23.8 Å². The van der Waals surface area contributed by atoms with Crippen molar-refractivity contribution in [1.29, 1.82) is 0 Å². The number of carbonyl (C=O) groups is 2. The summed E-state index contributed by atoms with van der Waals surface area (Å²) in [6, 6.07) is 14.4. The fraction of sp³-hybridized carbons (Fsp3) is 0.105. The summed E-state index contributed by atoms with van der Waals surface area (Å²) in [7, 11) is 0. The molecule has 0 aliphatic carbocycles. The number of cyclic esters (lactones) is 1. The predicted molar refractivity (Wildman–Crippen MR) is 101 cm³/mol. The first kappa shape index (κ1) is 16.8. The molecule has 130 valence electrons. The van der Waals surface area contributed by atoms with Crippen molar-refractivity contribution in [1.82, 2.24) is 4.98 Å². The Morgan fingerprint density at radius 1 is 1.19 bits per heavy atom. The lowest BCUT2D eigenvalue weighted by Crippen LogP contribution is -2.37. The maximum Gasteiger partial charge on any atom is 0.339 e. The van der Waals surface area contributed by atoms with Gasteiger partial charge in [-0.3, -0.25) is 10.1 Å². The van der Waals surface area contributed by atoms with Crippen molar-refractivity contribution in [2.24, 2.45) is 0 Å². The molecule has 1 aromatic heterocycles. The first-order valence-electron chi connectivity index (χ1n) is 7.91. The molecule has 1 amide bonds. The Morgan fingerprint density at radius 2 is 1.96 bits per heavy atom. The smallest absolute Gasteiger partial charge is 0.339 e. The van der Waals surface area contributed by atoms with E-state index in [1.54, 1.807) is 24.3 Å². The number of halogens is 1. The minimum atomic E-state index is -0.861. The van der Waals surface area contributed by atoms with Crippen LogP contribution in [0.1, 0.15) is 15.9 Å². The highest BCUT2D eigenvalue weighted by Gasteiger charge is 2.31. The molecular formula is C19H13ClN2O3S. The van der Waals surface area contributed by atoms with Crippen LogP contribution in [0.2, 0.25) is 5.02 Å². The van der Waals surface area contributed by atoms with Gasteiger partial charge < -0.3 is 4.74 Å². The number of nitrogens with one attached hydrogen (secondary N) is 1. The van der Waals surface area contributed by atoms with Crippen LogP contribution in [0.15, 0.2) is 53.9 Å². The van der Waals surface area contributed by atoms with Gasteiger partial charge in [0.25, 0.3) is 5.91 Å². The highest BCUT2D eigenvalue weighted by Crippen LogP contribution is 2.27. The standard InChI is InChI=1S/C19H13ClN2O3S/c20-13-7-5-11(6-8-13)15-10-26-19(21-15)22-17(23)16-9-12-3-1-2-4-14(12)18(24)25-16/h1-8,10,16H,9H2,(H,21,22,23). The quantitative estimate of drug-likeness (QED) is 0.688. The molecule has 3 aromatic rings. The third-order valence-electron chi connectivity index (χ3n) is 4.06. The zero-order chi connectivity index (χ0) is 18.1. The van der Waals surface area contributed by atoms with Crippen LogP contribution in [0.25, 0.3) is 11.3 Å². The van der Waals surface area contributed by atoms with E-state index in [4.69, 9.17) is 16.3 Å². The van der Waals surface area contributed by atoms with Gasteiger partial charge in [-0.2, -0.15) is 0 Å². The van der Waals surface area contributed by atoms with Gasteiger partial charge in [-0.25, -0.2) is 9.78 Å². The number of amides is 1. The number of hydrogen-bond acceptors (Lipinski definition) is 5. The fourth-order valence-corrected chi connectivity index (χ4v) is 3.60. The Morgan fingerprint density at radius 3 is 2.77 bits per heavy atom. The Labute approximate surface area is 158 Å². The SMILES string of the molecule is O=C1OC(C(=O)Nc2nc(-c3ccc(Cl)cc3)cs2)Cc2ccccc21. The highest BCUT2D eigenvalue weighted by atomic mass is 35.5. The normalized spacial score (nSPS) is 15.9. The number of carbonyl (C=O) groups excluding carboxylic acids is 2. The molecule has 4 rings (SSSR count). The van der Waals surface area contributed by atoms with E-state index >= 15 is 0 Å². The topological polar surface area (TPSA) is 68.3 Å². The third-order valence-corrected chi connectivity index (χ3v) is 5.07. The molecule has 1 N–H and O–H groups in total. The van der Waals surface area contributed by atoms with Crippen LogP contribution < -0.4 is 5.32 Å². The largest absolute Gasteiger partial charge is 0.448 e. The predicted octanol–water partition coefficient (Wildman–Crippen LogP) is 4.18. The number of aromatic nitrogens is 1. The van der Waals surface area contributed by atoms with Crippen molar-refractivity contribution < 1.29 is 14.3 Å². The van der Waals surface area contributed by atoms with Gasteiger partial charge in [0.1, 0.15) is 0 Å². The monoisotopic (exact) mass is 384 g/mol. The minimum absolute atomic E-state index is 0.350. The Kier molecular flexibility index (Phi) is 4.44. The number of rotatable bonds is 3. The maximum absolute atomic E-state index is 12.5. The van der Waals surface area contributed by atoms with Gasteiger partial charge >= 0.3 is 5.97 Å². The number of esters is 1. The number of benzene rings is 2. The lowest BCUT2D eigenvalue weighted by Gasteiger charge is -2.23. The van der Waals surface area contributed by atoms with E-state index in [1.807, 2.05) is 29.6 Å². The number of fused-ring (bicyclic) bond motifs is 1. The van der Waals surface area contributed by atoms with Gasteiger partial charge in [0, 0.05) is 22.4 Å². The van der Waals surface area contributed by atoms with Crippen LogP contribution in [0.3, 0.4) is 0 Å². The van der Waals surface area contributed by atoms with E-state index in [0.717, 1.165) is 16.8 Å². The Bertz CT molecular complexity index is 984. The fourth-order valence-electron chi connectivity index (χ4n) is 2.75. The van der Waals surface area contributed by atoms with E-state index in [2.05, 4.69) is 10.3 Å². The van der Waals surface area contributed by atoms with Crippen LogP contribution in [-0.4, -0.2) is 23.0 Å².